The number of halogens is 1. The van der Waals surface area contributed by atoms with Gasteiger partial charge in [-0.15, -0.1) is 0 Å². The van der Waals surface area contributed by atoms with Gasteiger partial charge < -0.3 is 5.32 Å². The highest BCUT2D eigenvalue weighted by molar-refractivity contribution is 6.33. The van der Waals surface area contributed by atoms with E-state index in [1.807, 2.05) is 13.8 Å². The minimum absolute atomic E-state index is 0.119. The minimum Gasteiger partial charge on any atom is -0.347 e. The Morgan fingerprint density at radius 1 is 1.43 bits per heavy atom. The Morgan fingerprint density at radius 3 is 2.76 bits per heavy atom. The monoisotopic (exact) mass is 309 g/mol. The molecule has 21 heavy (non-hydrogen) atoms. The fraction of sp³-hybridized carbons (Fsp3) is 0.688. The lowest BCUT2D eigenvalue weighted by atomic mass is 9.73. The van der Waals surface area contributed by atoms with Gasteiger partial charge in [-0.25, -0.2) is 9.97 Å². The van der Waals surface area contributed by atoms with E-state index in [1.54, 1.807) is 0 Å². The Hall–Kier alpha value is -1.16. The number of hydrogen-bond acceptors (Lipinski definition) is 3. The summed E-state index contributed by atoms with van der Waals surface area (Å²) in [5.74, 6) is 0.622. The van der Waals surface area contributed by atoms with Crippen molar-refractivity contribution in [2.24, 2.45) is 5.41 Å². The molecule has 0 saturated heterocycles. The number of amides is 1. The molecule has 1 N–H and O–H groups in total. The molecule has 1 atom stereocenters. The molecule has 1 heterocycles. The third-order valence-corrected chi connectivity index (χ3v) is 4.58. The maximum absolute atomic E-state index is 12.5. The van der Waals surface area contributed by atoms with Crippen LogP contribution in [-0.2, 0) is 0 Å². The normalized spacial score (nSPS) is 21.3. The summed E-state index contributed by atoms with van der Waals surface area (Å²) in [6, 6.07) is 0.173. The zero-order valence-electron chi connectivity index (χ0n) is 13.2. The molecular formula is C16H24ClN3O. The second-order valence-corrected chi connectivity index (χ2v) is 7.25. The third-order valence-electron chi connectivity index (χ3n) is 4.31. The molecule has 1 aliphatic rings. The maximum atomic E-state index is 12.5. The Labute approximate surface area is 131 Å². The maximum Gasteiger partial charge on any atom is 0.271 e. The first kappa shape index (κ1) is 16.2. The minimum atomic E-state index is -0.190. The molecule has 1 saturated carbocycles. The van der Waals surface area contributed by atoms with E-state index in [-0.39, 0.29) is 29.0 Å². The summed E-state index contributed by atoms with van der Waals surface area (Å²) in [7, 11) is 0. The van der Waals surface area contributed by atoms with Crippen molar-refractivity contribution in [1.29, 1.82) is 0 Å². The smallest absolute Gasteiger partial charge is 0.271 e. The lowest BCUT2D eigenvalue weighted by molar-refractivity contribution is 0.0848. The molecule has 5 heteroatoms. The first-order valence-corrected chi connectivity index (χ1v) is 8.02. The van der Waals surface area contributed by atoms with Crippen molar-refractivity contribution in [2.45, 2.75) is 65.3 Å². The highest BCUT2D eigenvalue weighted by Gasteiger charge is 2.33. The molecule has 4 nitrogen and oxygen atoms in total. The molecule has 0 bridgehead atoms. The van der Waals surface area contributed by atoms with Gasteiger partial charge in [-0.3, -0.25) is 4.79 Å². The van der Waals surface area contributed by atoms with Gasteiger partial charge in [0.15, 0.2) is 0 Å². The lowest BCUT2D eigenvalue weighted by Gasteiger charge is -2.39. The zero-order chi connectivity index (χ0) is 15.6. The lowest BCUT2D eigenvalue weighted by Crippen LogP contribution is -2.47. The van der Waals surface area contributed by atoms with Crippen molar-refractivity contribution in [2.75, 3.05) is 0 Å². The third kappa shape index (κ3) is 3.73. The predicted octanol–water partition coefficient (Wildman–Crippen LogP) is 3.95. The average molecular weight is 310 g/mol. The van der Waals surface area contributed by atoms with E-state index in [2.05, 4.69) is 29.1 Å². The summed E-state index contributed by atoms with van der Waals surface area (Å²) in [5.41, 5.74) is 0.408. The van der Waals surface area contributed by atoms with E-state index >= 15 is 0 Å². The van der Waals surface area contributed by atoms with Gasteiger partial charge in [-0.1, -0.05) is 52.1 Å². The number of nitrogens with zero attached hydrogens (tertiary/aromatic N) is 2. The first-order valence-electron chi connectivity index (χ1n) is 7.64. The molecule has 1 unspecified atom stereocenters. The Balaban J connectivity index is 2.18. The highest BCUT2D eigenvalue weighted by Crippen LogP contribution is 2.35. The van der Waals surface area contributed by atoms with Crippen LogP contribution in [0, 0.1) is 5.41 Å². The number of carbonyl (C=O) groups is 1. The van der Waals surface area contributed by atoms with Crippen LogP contribution in [0.5, 0.6) is 0 Å². The number of rotatable bonds is 3. The summed E-state index contributed by atoms with van der Waals surface area (Å²) >= 11 is 6.10. The van der Waals surface area contributed by atoms with Crippen molar-refractivity contribution < 1.29 is 4.79 Å². The standard InChI is InChI=1S/C16H24ClN3O/c1-10(2)14-18-9-11(17)13(20-14)15(21)19-12-7-5-6-8-16(12,3)4/h9-10,12H,5-8H2,1-4H3,(H,19,21). The molecule has 116 valence electrons. The molecule has 1 fully saturated rings. The number of nitrogens with one attached hydrogen (secondary N) is 1. The summed E-state index contributed by atoms with van der Waals surface area (Å²) in [6.45, 7) is 8.40. The SMILES string of the molecule is CC(C)c1ncc(Cl)c(C(=O)NC2CCCCC2(C)C)n1. The molecule has 1 aromatic heterocycles. The second kappa shape index (κ2) is 6.30. The average Bonchev–Trinajstić information content (AvgIpc) is 2.41. The molecule has 0 radical (unpaired) electrons. The topological polar surface area (TPSA) is 54.9 Å². The molecule has 0 aliphatic heterocycles. The van der Waals surface area contributed by atoms with E-state index < -0.39 is 0 Å². The molecule has 2 rings (SSSR count). The van der Waals surface area contributed by atoms with Gasteiger partial charge in [0.25, 0.3) is 5.91 Å². The van der Waals surface area contributed by atoms with E-state index in [0.717, 1.165) is 19.3 Å². The van der Waals surface area contributed by atoms with E-state index in [0.29, 0.717) is 10.8 Å². The predicted molar refractivity (Wildman–Crippen MR) is 84.6 cm³/mol. The number of hydrogen-bond donors (Lipinski definition) is 1. The van der Waals surface area contributed by atoms with Crippen molar-refractivity contribution in [1.82, 2.24) is 15.3 Å². The Kier molecular flexibility index (Phi) is 4.87. The van der Waals surface area contributed by atoms with Crippen LogP contribution in [0.4, 0.5) is 0 Å². The molecule has 1 amide bonds. The fourth-order valence-corrected chi connectivity index (χ4v) is 2.98. The van der Waals surface area contributed by atoms with Crippen molar-refractivity contribution in [3.8, 4) is 0 Å². The van der Waals surface area contributed by atoms with Crippen LogP contribution in [0.15, 0.2) is 6.20 Å². The van der Waals surface area contributed by atoms with Crippen molar-refractivity contribution in [3.05, 3.63) is 22.7 Å². The van der Waals surface area contributed by atoms with Gasteiger partial charge in [-0.2, -0.15) is 0 Å². The van der Waals surface area contributed by atoms with Crippen LogP contribution in [0.1, 0.15) is 75.6 Å². The highest BCUT2D eigenvalue weighted by atomic mass is 35.5. The molecule has 1 aliphatic carbocycles. The van der Waals surface area contributed by atoms with Crippen LogP contribution in [0.3, 0.4) is 0 Å². The molecule has 0 aromatic carbocycles. The van der Waals surface area contributed by atoms with E-state index in [1.165, 1.54) is 12.6 Å². The van der Waals surface area contributed by atoms with Gasteiger partial charge >= 0.3 is 0 Å². The summed E-state index contributed by atoms with van der Waals surface area (Å²) in [4.78, 5) is 21.0. The van der Waals surface area contributed by atoms with E-state index in [4.69, 9.17) is 11.6 Å². The summed E-state index contributed by atoms with van der Waals surface area (Å²) in [6.07, 6.45) is 6.05. The van der Waals surface area contributed by atoms with Crippen LogP contribution >= 0.6 is 11.6 Å². The quantitative estimate of drug-likeness (QED) is 0.919. The van der Waals surface area contributed by atoms with Gasteiger partial charge in [0, 0.05) is 12.0 Å². The van der Waals surface area contributed by atoms with Crippen LogP contribution in [0.2, 0.25) is 5.02 Å². The van der Waals surface area contributed by atoms with Gasteiger partial charge in [0.1, 0.15) is 11.5 Å². The largest absolute Gasteiger partial charge is 0.347 e. The molecular weight excluding hydrogens is 286 g/mol. The molecule has 1 aromatic rings. The number of aromatic nitrogens is 2. The fourth-order valence-electron chi connectivity index (χ4n) is 2.81. The van der Waals surface area contributed by atoms with E-state index in [9.17, 15) is 4.79 Å². The van der Waals surface area contributed by atoms with Crippen LogP contribution in [-0.4, -0.2) is 21.9 Å². The zero-order valence-corrected chi connectivity index (χ0v) is 14.0. The Bertz CT molecular complexity index is 528. The summed E-state index contributed by atoms with van der Waals surface area (Å²) in [5, 5.41) is 3.43. The Morgan fingerprint density at radius 2 is 2.14 bits per heavy atom. The van der Waals surface area contributed by atoms with Crippen LogP contribution in [0.25, 0.3) is 0 Å². The van der Waals surface area contributed by atoms with Gasteiger partial charge in [0.2, 0.25) is 0 Å². The van der Waals surface area contributed by atoms with Gasteiger partial charge in [0.05, 0.1) is 11.2 Å². The number of carbonyl (C=O) groups excluding carboxylic acids is 1. The van der Waals surface area contributed by atoms with Crippen molar-refractivity contribution in [3.63, 3.8) is 0 Å². The molecule has 0 spiro atoms. The first-order chi connectivity index (χ1) is 9.81. The second-order valence-electron chi connectivity index (χ2n) is 6.84. The van der Waals surface area contributed by atoms with Gasteiger partial charge in [-0.05, 0) is 18.3 Å². The summed E-state index contributed by atoms with van der Waals surface area (Å²) < 4.78 is 0. The van der Waals surface area contributed by atoms with Crippen LogP contribution < -0.4 is 5.32 Å². The van der Waals surface area contributed by atoms with Crippen molar-refractivity contribution >= 4 is 17.5 Å².